The Morgan fingerprint density at radius 2 is 2.08 bits per heavy atom. The van der Waals surface area contributed by atoms with Crippen LogP contribution in [0.3, 0.4) is 0 Å². The highest BCUT2D eigenvalue weighted by atomic mass is 16.6. The zero-order valence-electron chi connectivity index (χ0n) is 16.4. The Kier molecular flexibility index (Phi) is 6.40. The van der Waals surface area contributed by atoms with Crippen molar-refractivity contribution in [2.45, 2.75) is 39.2 Å². The second kappa shape index (κ2) is 8.34. The van der Waals surface area contributed by atoms with Crippen molar-refractivity contribution in [3.8, 4) is 0 Å². The van der Waals surface area contributed by atoms with E-state index in [1.54, 1.807) is 17.3 Å². The zero-order chi connectivity index (χ0) is 19.3. The highest BCUT2D eigenvalue weighted by molar-refractivity contribution is 6.21. The number of likely N-dealkylation sites (tertiary alicyclic amines) is 1. The summed E-state index contributed by atoms with van der Waals surface area (Å²) in [5.74, 6) is -0.192. The molecule has 0 radical (unpaired) electrons. The van der Waals surface area contributed by atoms with Crippen LogP contribution in [-0.2, 0) is 9.53 Å². The summed E-state index contributed by atoms with van der Waals surface area (Å²) in [6.07, 6.45) is 6.41. The number of hydrogen-bond donors (Lipinski definition) is 0. The molecule has 1 amide bonds. The molecule has 0 saturated carbocycles. The Bertz CT molecular complexity index is 663. The Hall–Kier alpha value is -2.37. The van der Waals surface area contributed by atoms with Crippen LogP contribution in [-0.4, -0.2) is 59.4 Å². The van der Waals surface area contributed by atoms with Crippen molar-refractivity contribution in [3.63, 3.8) is 0 Å². The van der Waals surface area contributed by atoms with Gasteiger partial charge in [0, 0.05) is 62.8 Å². The van der Waals surface area contributed by atoms with Crippen LogP contribution in [0.2, 0.25) is 0 Å². The van der Waals surface area contributed by atoms with Gasteiger partial charge in [0.2, 0.25) is 0 Å². The molecule has 6 nitrogen and oxygen atoms in total. The number of ether oxygens (including phenoxy) is 1. The molecule has 1 atom stereocenters. The Balaban J connectivity index is 2.17. The lowest BCUT2D eigenvalue weighted by atomic mass is 9.88. The van der Waals surface area contributed by atoms with E-state index in [0.29, 0.717) is 18.7 Å². The molecule has 0 aliphatic carbocycles. The fourth-order valence-corrected chi connectivity index (χ4v) is 2.96. The SMILES string of the molecule is CN(C)C=C(C(=O)C1CCCN(C(=O)OC(C)(C)C)C1)c1cccnc1. The van der Waals surface area contributed by atoms with E-state index in [0.717, 1.165) is 18.4 Å². The first-order valence-corrected chi connectivity index (χ1v) is 8.98. The Morgan fingerprint density at radius 3 is 2.65 bits per heavy atom. The standard InChI is InChI=1S/C20H29N3O3/c1-20(2,3)26-19(25)23-11-7-9-16(13-23)18(24)17(14-22(4)5)15-8-6-10-21-12-15/h6,8,10,12,14,16H,7,9,11,13H2,1-5H3. The topological polar surface area (TPSA) is 62.7 Å². The summed E-state index contributed by atoms with van der Waals surface area (Å²) >= 11 is 0. The van der Waals surface area contributed by atoms with Crippen LogP contribution in [0.15, 0.2) is 30.7 Å². The van der Waals surface area contributed by atoms with Crippen LogP contribution in [0, 0.1) is 5.92 Å². The number of amides is 1. The van der Waals surface area contributed by atoms with Crippen LogP contribution < -0.4 is 0 Å². The summed E-state index contributed by atoms with van der Waals surface area (Å²) < 4.78 is 5.46. The molecule has 1 aliphatic heterocycles. The first kappa shape index (κ1) is 19.9. The number of allylic oxidation sites excluding steroid dienone is 1. The van der Waals surface area contributed by atoms with Crippen molar-refractivity contribution in [2.24, 2.45) is 5.92 Å². The van der Waals surface area contributed by atoms with E-state index in [1.807, 2.05) is 58.1 Å². The summed E-state index contributed by atoms with van der Waals surface area (Å²) in [6, 6.07) is 3.70. The summed E-state index contributed by atoms with van der Waals surface area (Å²) in [5, 5.41) is 0. The maximum Gasteiger partial charge on any atom is 0.410 e. The molecule has 1 aromatic rings. The van der Waals surface area contributed by atoms with E-state index in [9.17, 15) is 9.59 Å². The van der Waals surface area contributed by atoms with Gasteiger partial charge in [0.15, 0.2) is 5.78 Å². The van der Waals surface area contributed by atoms with Crippen LogP contribution in [0.25, 0.3) is 5.57 Å². The number of carbonyl (C=O) groups is 2. The minimum absolute atomic E-state index is 0.0416. The molecule has 1 saturated heterocycles. The number of pyridine rings is 1. The minimum atomic E-state index is -0.542. The molecule has 1 aromatic heterocycles. The van der Waals surface area contributed by atoms with Gasteiger partial charge in [0.1, 0.15) is 5.60 Å². The molecule has 2 heterocycles. The molecule has 0 bridgehead atoms. The van der Waals surface area contributed by atoms with Gasteiger partial charge in [-0.3, -0.25) is 9.78 Å². The largest absolute Gasteiger partial charge is 0.444 e. The van der Waals surface area contributed by atoms with E-state index in [-0.39, 0.29) is 17.8 Å². The zero-order valence-corrected chi connectivity index (χ0v) is 16.4. The van der Waals surface area contributed by atoms with Crippen molar-refractivity contribution >= 4 is 17.4 Å². The molecular weight excluding hydrogens is 330 g/mol. The number of nitrogens with zero attached hydrogens (tertiary/aromatic N) is 3. The van der Waals surface area contributed by atoms with Crippen molar-refractivity contribution in [3.05, 3.63) is 36.3 Å². The van der Waals surface area contributed by atoms with Crippen molar-refractivity contribution in [2.75, 3.05) is 27.2 Å². The molecule has 26 heavy (non-hydrogen) atoms. The van der Waals surface area contributed by atoms with Gasteiger partial charge < -0.3 is 14.5 Å². The molecule has 6 heteroatoms. The molecule has 142 valence electrons. The lowest BCUT2D eigenvalue weighted by Crippen LogP contribution is -2.44. The minimum Gasteiger partial charge on any atom is -0.444 e. The van der Waals surface area contributed by atoms with Crippen molar-refractivity contribution in [1.82, 2.24) is 14.8 Å². The van der Waals surface area contributed by atoms with E-state index in [4.69, 9.17) is 4.74 Å². The summed E-state index contributed by atoms with van der Waals surface area (Å²) in [6.45, 7) is 6.55. The number of aromatic nitrogens is 1. The molecule has 1 aliphatic rings. The number of rotatable bonds is 4. The normalized spacial score (nSPS) is 18.4. The third-order valence-electron chi connectivity index (χ3n) is 4.07. The highest BCUT2D eigenvalue weighted by Gasteiger charge is 2.32. The first-order valence-electron chi connectivity index (χ1n) is 8.98. The van der Waals surface area contributed by atoms with E-state index >= 15 is 0 Å². The summed E-state index contributed by atoms with van der Waals surface area (Å²) in [5.41, 5.74) is 0.874. The van der Waals surface area contributed by atoms with Gasteiger partial charge in [-0.25, -0.2) is 4.79 Å². The average Bonchev–Trinajstić information content (AvgIpc) is 2.58. The van der Waals surface area contributed by atoms with Crippen molar-refractivity contribution < 1.29 is 14.3 Å². The van der Waals surface area contributed by atoms with Gasteiger partial charge in [-0.1, -0.05) is 6.07 Å². The summed E-state index contributed by atoms with van der Waals surface area (Å²) in [7, 11) is 3.77. The summed E-state index contributed by atoms with van der Waals surface area (Å²) in [4.78, 5) is 33.2. The van der Waals surface area contributed by atoms with Crippen LogP contribution >= 0.6 is 0 Å². The monoisotopic (exact) mass is 359 g/mol. The lowest BCUT2D eigenvalue weighted by Gasteiger charge is -2.34. The quantitative estimate of drug-likeness (QED) is 0.773. The van der Waals surface area contributed by atoms with Crippen LogP contribution in [0.5, 0.6) is 0 Å². The molecule has 0 N–H and O–H groups in total. The molecule has 0 spiro atoms. The molecule has 1 unspecified atom stereocenters. The maximum absolute atomic E-state index is 13.2. The Labute approximate surface area is 155 Å². The van der Waals surface area contributed by atoms with E-state index in [2.05, 4.69) is 4.98 Å². The number of carbonyl (C=O) groups excluding carboxylic acids is 2. The maximum atomic E-state index is 13.2. The fourth-order valence-electron chi connectivity index (χ4n) is 2.96. The average molecular weight is 359 g/mol. The van der Waals surface area contributed by atoms with Gasteiger partial charge in [0.05, 0.1) is 0 Å². The molecule has 1 fully saturated rings. The van der Waals surface area contributed by atoms with Crippen molar-refractivity contribution in [1.29, 1.82) is 0 Å². The van der Waals surface area contributed by atoms with Crippen LogP contribution in [0.1, 0.15) is 39.2 Å². The Morgan fingerprint density at radius 1 is 1.35 bits per heavy atom. The number of hydrogen-bond acceptors (Lipinski definition) is 5. The number of piperidine rings is 1. The third-order valence-corrected chi connectivity index (χ3v) is 4.07. The number of ketones is 1. The second-order valence-electron chi connectivity index (χ2n) is 7.88. The van der Waals surface area contributed by atoms with Crippen LogP contribution in [0.4, 0.5) is 4.79 Å². The predicted octanol–water partition coefficient (Wildman–Crippen LogP) is 3.20. The van der Waals surface area contributed by atoms with Gasteiger partial charge >= 0.3 is 6.09 Å². The lowest BCUT2D eigenvalue weighted by molar-refractivity contribution is -0.118. The highest BCUT2D eigenvalue weighted by Crippen LogP contribution is 2.26. The van der Waals surface area contributed by atoms with Gasteiger partial charge in [0.25, 0.3) is 0 Å². The molecule has 2 rings (SSSR count). The van der Waals surface area contributed by atoms with E-state index < -0.39 is 5.60 Å². The fraction of sp³-hybridized carbons (Fsp3) is 0.550. The first-order chi connectivity index (χ1) is 12.2. The van der Waals surface area contributed by atoms with E-state index in [1.165, 1.54) is 0 Å². The second-order valence-corrected chi connectivity index (χ2v) is 7.88. The van der Waals surface area contributed by atoms with Gasteiger partial charge in [-0.2, -0.15) is 0 Å². The predicted molar refractivity (Wildman–Crippen MR) is 101 cm³/mol. The van der Waals surface area contributed by atoms with Gasteiger partial charge in [-0.15, -0.1) is 0 Å². The third kappa shape index (κ3) is 5.58. The number of Topliss-reactive ketones (excluding diaryl/α,β-unsaturated/α-hetero) is 1. The molecule has 0 aromatic carbocycles. The molecular formula is C20H29N3O3. The van der Waals surface area contributed by atoms with Gasteiger partial charge in [-0.05, 0) is 39.7 Å². The smallest absolute Gasteiger partial charge is 0.410 e.